The molecule has 0 aliphatic heterocycles. The van der Waals surface area contributed by atoms with E-state index in [0.717, 1.165) is 16.6 Å². The Morgan fingerprint density at radius 2 is 1.81 bits per heavy atom. The van der Waals surface area contributed by atoms with Crippen LogP contribution in [0.1, 0.15) is 18.1 Å². The Kier molecular flexibility index (Phi) is 5.96. The molecule has 0 fully saturated rings. The number of nitrogens with one attached hydrogen (secondary N) is 2. The molecule has 2 rings (SSSR count). The molecule has 0 atom stereocenters. The largest absolute Gasteiger partial charge is 0.325 e. The molecular formula is C17H19BrN2O. The van der Waals surface area contributed by atoms with E-state index in [-0.39, 0.29) is 5.91 Å². The normalized spacial score (nSPS) is 10.4. The maximum atomic E-state index is 11.8. The number of carbonyl (C=O) groups is 1. The molecule has 0 unspecified atom stereocenters. The van der Waals surface area contributed by atoms with Gasteiger partial charge in [0, 0.05) is 16.7 Å². The second-order valence-corrected chi connectivity index (χ2v) is 5.75. The van der Waals surface area contributed by atoms with E-state index in [4.69, 9.17) is 0 Å². The zero-order chi connectivity index (χ0) is 15.1. The van der Waals surface area contributed by atoms with Crippen molar-refractivity contribution >= 4 is 27.5 Å². The fourth-order valence-electron chi connectivity index (χ4n) is 1.98. The zero-order valence-corrected chi connectivity index (χ0v) is 13.6. The highest BCUT2D eigenvalue weighted by Crippen LogP contribution is 2.15. The highest BCUT2D eigenvalue weighted by molar-refractivity contribution is 9.10. The lowest BCUT2D eigenvalue weighted by atomic mass is 10.1. The molecule has 0 saturated carbocycles. The lowest BCUT2D eigenvalue weighted by Gasteiger charge is -2.07. The lowest BCUT2D eigenvalue weighted by Crippen LogP contribution is -2.27. The van der Waals surface area contributed by atoms with Crippen LogP contribution in [-0.4, -0.2) is 12.5 Å². The van der Waals surface area contributed by atoms with Crippen molar-refractivity contribution in [2.75, 3.05) is 11.9 Å². The van der Waals surface area contributed by atoms with Crippen molar-refractivity contribution in [3.05, 3.63) is 64.1 Å². The van der Waals surface area contributed by atoms with Crippen LogP contribution in [0.25, 0.3) is 0 Å². The molecule has 1 amide bonds. The minimum atomic E-state index is -0.0433. The molecule has 3 nitrogen and oxygen atoms in total. The van der Waals surface area contributed by atoms with E-state index in [1.54, 1.807) is 0 Å². The first-order chi connectivity index (χ1) is 10.2. The standard InChI is InChI=1S/C17H19BrN2O/c1-2-13-6-8-14(9-7-13)11-19-12-17(21)20-16-5-3-4-15(18)10-16/h3-10,19H,2,11-12H2,1H3,(H,20,21). The average molecular weight is 347 g/mol. The van der Waals surface area contributed by atoms with Crippen LogP contribution in [0.15, 0.2) is 53.0 Å². The van der Waals surface area contributed by atoms with E-state index >= 15 is 0 Å². The maximum Gasteiger partial charge on any atom is 0.238 e. The van der Waals surface area contributed by atoms with E-state index < -0.39 is 0 Å². The van der Waals surface area contributed by atoms with Gasteiger partial charge in [-0.1, -0.05) is 53.2 Å². The highest BCUT2D eigenvalue weighted by atomic mass is 79.9. The molecule has 21 heavy (non-hydrogen) atoms. The van der Waals surface area contributed by atoms with Gasteiger partial charge >= 0.3 is 0 Å². The summed E-state index contributed by atoms with van der Waals surface area (Å²) in [5.74, 6) is -0.0433. The molecule has 0 radical (unpaired) electrons. The summed E-state index contributed by atoms with van der Waals surface area (Å²) >= 11 is 3.38. The third-order valence-corrected chi connectivity index (χ3v) is 3.65. The van der Waals surface area contributed by atoms with Crippen molar-refractivity contribution in [2.45, 2.75) is 19.9 Å². The molecule has 4 heteroatoms. The van der Waals surface area contributed by atoms with Gasteiger partial charge in [0.2, 0.25) is 5.91 Å². The number of carbonyl (C=O) groups excluding carboxylic acids is 1. The van der Waals surface area contributed by atoms with Gasteiger partial charge in [0.15, 0.2) is 0 Å². The molecule has 0 aliphatic carbocycles. The third kappa shape index (κ3) is 5.33. The summed E-state index contributed by atoms with van der Waals surface area (Å²) in [6.07, 6.45) is 1.04. The molecule has 0 heterocycles. The molecule has 110 valence electrons. The Labute approximate surface area is 133 Å². The van der Waals surface area contributed by atoms with Crippen molar-refractivity contribution in [3.8, 4) is 0 Å². The van der Waals surface area contributed by atoms with Gasteiger partial charge < -0.3 is 10.6 Å². The Bertz CT molecular complexity index is 596. The summed E-state index contributed by atoms with van der Waals surface area (Å²) < 4.78 is 0.948. The molecule has 0 aliphatic rings. The third-order valence-electron chi connectivity index (χ3n) is 3.15. The van der Waals surface area contributed by atoms with E-state index in [1.807, 2.05) is 24.3 Å². The molecule has 0 bridgehead atoms. The molecule has 2 aromatic rings. The summed E-state index contributed by atoms with van der Waals surface area (Å²) in [5, 5.41) is 6.01. The van der Waals surface area contributed by atoms with Gasteiger partial charge in [0.05, 0.1) is 6.54 Å². The highest BCUT2D eigenvalue weighted by Gasteiger charge is 2.02. The van der Waals surface area contributed by atoms with Gasteiger partial charge in [0.1, 0.15) is 0 Å². The Morgan fingerprint density at radius 3 is 2.48 bits per heavy atom. The monoisotopic (exact) mass is 346 g/mol. The van der Waals surface area contributed by atoms with Gasteiger partial charge in [-0.3, -0.25) is 4.79 Å². The fraction of sp³-hybridized carbons (Fsp3) is 0.235. The van der Waals surface area contributed by atoms with E-state index in [0.29, 0.717) is 13.1 Å². The first kappa shape index (κ1) is 15.7. The van der Waals surface area contributed by atoms with Crippen LogP contribution in [0.5, 0.6) is 0 Å². The van der Waals surface area contributed by atoms with Crippen LogP contribution < -0.4 is 10.6 Å². The second-order valence-electron chi connectivity index (χ2n) is 4.83. The minimum absolute atomic E-state index is 0.0433. The van der Waals surface area contributed by atoms with Crippen molar-refractivity contribution in [3.63, 3.8) is 0 Å². The van der Waals surface area contributed by atoms with Crippen molar-refractivity contribution in [1.29, 1.82) is 0 Å². The lowest BCUT2D eigenvalue weighted by molar-refractivity contribution is -0.115. The molecule has 2 aromatic carbocycles. The number of benzene rings is 2. The Morgan fingerprint density at radius 1 is 1.10 bits per heavy atom. The minimum Gasteiger partial charge on any atom is -0.325 e. The van der Waals surface area contributed by atoms with Gasteiger partial charge in [0.25, 0.3) is 0 Å². The first-order valence-corrected chi connectivity index (χ1v) is 7.80. The molecule has 0 saturated heterocycles. The Balaban J connectivity index is 1.76. The SMILES string of the molecule is CCc1ccc(CNCC(=O)Nc2cccc(Br)c2)cc1. The summed E-state index contributed by atoms with van der Waals surface area (Å²) in [6, 6.07) is 16.0. The quantitative estimate of drug-likeness (QED) is 0.836. The number of amides is 1. The van der Waals surface area contributed by atoms with Gasteiger partial charge in [-0.2, -0.15) is 0 Å². The number of anilines is 1. The van der Waals surface area contributed by atoms with Crippen LogP contribution in [0.4, 0.5) is 5.69 Å². The summed E-state index contributed by atoms with van der Waals surface area (Å²) in [4.78, 5) is 11.8. The maximum absolute atomic E-state index is 11.8. The van der Waals surface area contributed by atoms with Crippen molar-refractivity contribution < 1.29 is 4.79 Å². The topological polar surface area (TPSA) is 41.1 Å². The fourth-order valence-corrected chi connectivity index (χ4v) is 2.38. The van der Waals surface area contributed by atoms with Crippen LogP contribution in [-0.2, 0) is 17.8 Å². The molecule has 0 spiro atoms. The predicted octanol–water partition coefficient (Wildman–Crippen LogP) is 3.74. The molecule has 0 aromatic heterocycles. The number of hydrogen-bond donors (Lipinski definition) is 2. The second kappa shape index (κ2) is 7.96. The van der Waals surface area contributed by atoms with Crippen LogP contribution in [0, 0.1) is 0 Å². The van der Waals surface area contributed by atoms with Gasteiger partial charge in [-0.25, -0.2) is 0 Å². The zero-order valence-electron chi connectivity index (χ0n) is 12.0. The first-order valence-electron chi connectivity index (χ1n) is 7.01. The van der Waals surface area contributed by atoms with E-state index in [9.17, 15) is 4.79 Å². The number of aryl methyl sites for hydroxylation is 1. The van der Waals surface area contributed by atoms with E-state index in [2.05, 4.69) is 57.8 Å². The molecule has 2 N–H and O–H groups in total. The number of halogens is 1. The van der Waals surface area contributed by atoms with Gasteiger partial charge in [-0.15, -0.1) is 0 Å². The summed E-state index contributed by atoms with van der Waals surface area (Å²) in [7, 11) is 0. The molecular weight excluding hydrogens is 328 g/mol. The summed E-state index contributed by atoms with van der Waals surface area (Å²) in [5.41, 5.74) is 3.30. The smallest absolute Gasteiger partial charge is 0.238 e. The Hall–Kier alpha value is -1.65. The number of rotatable bonds is 6. The number of hydrogen-bond acceptors (Lipinski definition) is 2. The summed E-state index contributed by atoms with van der Waals surface area (Å²) in [6.45, 7) is 3.12. The van der Waals surface area contributed by atoms with Crippen molar-refractivity contribution in [2.24, 2.45) is 0 Å². The predicted molar refractivity (Wildman–Crippen MR) is 90.3 cm³/mol. The van der Waals surface area contributed by atoms with Crippen LogP contribution >= 0.6 is 15.9 Å². The average Bonchev–Trinajstić information content (AvgIpc) is 2.48. The van der Waals surface area contributed by atoms with Crippen LogP contribution in [0.2, 0.25) is 0 Å². The van der Waals surface area contributed by atoms with Crippen molar-refractivity contribution in [1.82, 2.24) is 5.32 Å². The van der Waals surface area contributed by atoms with Gasteiger partial charge in [-0.05, 0) is 35.7 Å². The van der Waals surface area contributed by atoms with Crippen LogP contribution in [0.3, 0.4) is 0 Å². The van der Waals surface area contributed by atoms with E-state index in [1.165, 1.54) is 11.1 Å².